The van der Waals surface area contributed by atoms with Crippen molar-refractivity contribution in [1.29, 1.82) is 0 Å². The van der Waals surface area contributed by atoms with Crippen molar-refractivity contribution in [3.8, 4) is 12.3 Å². The van der Waals surface area contributed by atoms with E-state index in [2.05, 4.69) is 5.92 Å². The molecule has 0 N–H and O–H groups in total. The van der Waals surface area contributed by atoms with Crippen molar-refractivity contribution < 1.29 is 19.0 Å². The van der Waals surface area contributed by atoms with Crippen LogP contribution in [0.25, 0.3) is 0 Å². The smallest absolute Gasteiger partial charge is 0.339 e. The second-order valence-corrected chi connectivity index (χ2v) is 2.39. The van der Waals surface area contributed by atoms with Crippen LogP contribution in [0, 0.1) is 12.3 Å². The van der Waals surface area contributed by atoms with Crippen molar-refractivity contribution in [3.05, 3.63) is 0 Å². The zero-order valence-electron chi connectivity index (χ0n) is 6.78. The molecule has 1 aliphatic rings. The lowest BCUT2D eigenvalue weighted by molar-refractivity contribution is -0.155. The number of hydrogen-bond donors (Lipinski definition) is 0. The van der Waals surface area contributed by atoms with Gasteiger partial charge in [0, 0.05) is 0 Å². The van der Waals surface area contributed by atoms with E-state index >= 15 is 0 Å². The van der Waals surface area contributed by atoms with Crippen LogP contribution in [0.5, 0.6) is 0 Å². The Bertz CT molecular complexity index is 200. The van der Waals surface area contributed by atoms with E-state index in [1.807, 2.05) is 0 Å². The molecule has 0 aromatic rings. The van der Waals surface area contributed by atoms with E-state index in [1.54, 1.807) is 6.92 Å². The van der Waals surface area contributed by atoms with Crippen LogP contribution in [-0.2, 0) is 19.0 Å². The molecule has 2 unspecified atom stereocenters. The van der Waals surface area contributed by atoms with Crippen molar-refractivity contribution in [2.45, 2.75) is 19.1 Å². The Balaban J connectivity index is 2.33. The van der Waals surface area contributed by atoms with Crippen LogP contribution in [0.1, 0.15) is 6.92 Å². The molecule has 0 bridgehead atoms. The monoisotopic (exact) mass is 170 g/mol. The molecule has 0 amide bonds. The fraction of sp³-hybridized carbons (Fsp3) is 0.625. The summed E-state index contributed by atoms with van der Waals surface area (Å²) in [5, 5.41) is 0. The Morgan fingerprint density at radius 1 is 1.83 bits per heavy atom. The van der Waals surface area contributed by atoms with Gasteiger partial charge in [-0.1, -0.05) is 5.92 Å². The highest BCUT2D eigenvalue weighted by Gasteiger charge is 2.26. The molecule has 2 atom stereocenters. The minimum atomic E-state index is -0.610. The van der Waals surface area contributed by atoms with Crippen molar-refractivity contribution in [3.63, 3.8) is 0 Å². The van der Waals surface area contributed by atoms with Crippen molar-refractivity contribution in [2.24, 2.45) is 0 Å². The zero-order valence-corrected chi connectivity index (χ0v) is 6.78. The van der Waals surface area contributed by atoms with Gasteiger partial charge in [-0.15, -0.1) is 6.42 Å². The van der Waals surface area contributed by atoms with Gasteiger partial charge in [-0.25, -0.2) is 4.79 Å². The first-order chi connectivity index (χ1) is 5.74. The minimum Gasteiger partial charge on any atom is -0.447 e. The van der Waals surface area contributed by atoms with Crippen LogP contribution in [-0.4, -0.2) is 31.6 Å². The van der Waals surface area contributed by atoms with Crippen LogP contribution in [0.2, 0.25) is 0 Å². The first kappa shape index (κ1) is 9.04. The normalized spacial score (nSPS) is 24.5. The fourth-order valence-electron chi connectivity index (χ4n) is 0.754. The largest absolute Gasteiger partial charge is 0.447 e. The first-order valence-electron chi connectivity index (χ1n) is 3.60. The molecule has 0 saturated carbocycles. The van der Waals surface area contributed by atoms with Gasteiger partial charge < -0.3 is 14.2 Å². The SMILES string of the molecule is C#CC(C)OC(=O)C1COCO1. The van der Waals surface area contributed by atoms with E-state index in [0.29, 0.717) is 0 Å². The van der Waals surface area contributed by atoms with Gasteiger partial charge in [-0.05, 0) is 6.92 Å². The van der Waals surface area contributed by atoms with Gasteiger partial charge in [0.2, 0.25) is 0 Å². The Morgan fingerprint density at radius 2 is 2.58 bits per heavy atom. The van der Waals surface area contributed by atoms with E-state index in [1.165, 1.54) is 0 Å². The number of rotatable bonds is 2. The van der Waals surface area contributed by atoms with Crippen LogP contribution in [0.3, 0.4) is 0 Å². The molecule has 0 radical (unpaired) electrons. The van der Waals surface area contributed by atoms with Crippen LogP contribution < -0.4 is 0 Å². The Hall–Kier alpha value is -1.05. The number of hydrogen-bond acceptors (Lipinski definition) is 4. The lowest BCUT2D eigenvalue weighted by Crippen LogP contribution is -2.27. The minimum absolute atomic E-state index is 0.143. The molecule has 4 nitrogen and oxygen atoms in total. The maximum atomic E-state index is 11.1. The number of esters is 1. The molecule has 12 heavy (non-hydrogen) atoms. The third-order valence-electron chi connectivity index (χ3n) is 1.41. The summed E-state index contributed by atoms with van der Waals surface area (Å²) in [5.74, 6) is 1.82. The molecule has 0 aliphatic carbocycles. The molecule has 1 aliphatic heterocycles. The highest BCUT2D eigenvalue weighted by atomic mass is 16.7. The second-order valence-electron chi connectivity index (χ2n) is 2.39. The summed E-state index contributed by atoms with van der Waals surface area (Å²) in [4.78, 5) is 11.1. The van der Waals surface area contributed by atoms with Gasteiger partial charge in [-0.2, -0.15) is 0 Å². The number of carbonyl (C=O) groups is 1. The molecule has 66 valence electrons. The van der Waals surface area contributed by atoms with Crippen molar-refractivity contribution >= 4 is 5.97 Å². The van der Waals surface area contributed by atoms with Gasteiger partial charge in [-0.3, -0.25) is 0 Å². The summed E-state index contributed by atoms with van der Waals surface area (Å²) >= 11 is 0. The number of carbonyl (C=O) groups excluding carboxylic acids is 1. The second kappa shape index (κ2) is 4.10. The zero-order chi connectivity index (χ0) is 8.97. The molecule has 1 saturated heterocycles. The molecule has 1 fully saturated rings. The number of ether oxygens (including phenoxy) is 3. The Morgan fingerprint density at radius 3 is 3.08 bits per heavy atom. The molecule has 0 aromatic carbocycles. The number of terminal acetylenes is 1. The van der Waals surface area contributed by atoms with Gasteiger partial charge >= 0.3 is 5.97 Å². The van der Waals surface area contributed by atoms with E-state index in [4.69, 9.17) is 20.6 Å². The molecule has 0 aromatic heterocycles. The topological polar surface area (TPSA) is 44.8 Å². The first-order valence-corrected chi connectivity index (χ1v) is 3.60. The molecular weight excluding hydrogens is 160 g/mol. The third-order valence-corrected chi connectivity index (χ3v) is 1.41. The van der Waals surface area contributed by atoms with Gasteiger partial charge in [0.15, 0.2) is 12.2 Å². The molecule has 4 heteroatoms. The maximum Gasteiger partial charge on any atom is 0.339 e. The van der Waals surface area contributed by atoms with E-state index < -0.39 is 18.2 Å². The molecule has 1 rings (SSSR count). The molecule has 1 heterocycles. The lowest BCUT2D eigenvalue weighted by Gasteiger charge is -2.09. The third kappa shape index (κ3) is 2.22. The summed E-state index contributed by atoms with van der Waals surface area (Å²) in [5.41, 5.74) is 0. The average molecular weight is 170 g/mol. The Labute approximate surface area is 70.8 Å². The fourth-order valence-corrected chi connectivity index (χ4v) is 0.754. The highest BCUT2D eigenvalue weighted by Crippen LogP contribution is 2.05. The van der Waals surface area contributed by atoms with Crippen molar-refractivity contribution in [2.75, 3.05) is 13.4 Å². The Kier molecular flexibility index (Phi) is 3.09. The van der Waals surface area contributed by atoms with Gasteiger partial charge in [0.05, 0.1) is 6.61 Å². The van der Waals surface area contributed by atoms with Crippen LogP contribution in [0.15, 0.2) is 0 Å². The highest BCUT2D eigenvalue weighted by molar-refractivity contribution is 5.75. The average Bonchev–Trinajstić information content (AvgIpc) is 2.56. The maximum absolute atomic E-state index is 11.1. The summed E-state index contributed by atoms with van der Waals surface area (Å²) in [6.45, 7) is 2.01. The standard InChI is InChI=1S/C8H10O4/c1-3-6(2)12-8(9)7-4-10-5-11-7/h1,6-7H,4-5H2,2H3. The van der Waals surface area contributed by atoms with Gasteiger partial charge in [0.1, 0.15) is 6.79 Å². The predicted molar refractivity (Wildman–Crippen MR) is 40.1 cm³/mol. The van der Waals surface area contributed by atoms with Crippen molar-refractivity contribution in [1.82, 2.24) is 0 Å². The predicted octanol–water partition coefficient (Wildman–Crippen LogP) is -0.0758. The van der Waals surface area contributed by atoms with Crippen LogP contribution >= 0.6 is 0 Å². The van der Waals surface area contributed by atoms with E-state index in [0.717, 1.165) is 0 Å². The van der Waals surface area contributed by atoms with E-state index in [-0.39, 0.29) is 13.4 Å². The summed E-state index contributed by atoms with van der Waals surface area (Å²) < 4.78 is 14.5. The summed E-state index contributed by atoms with van der Waals surface area (Å²) in [7, 11) is 0. The summed E-state index contributed by atoms with van der Waals surface area (Å²) in [6, 6.07) is 0. The van der Waals surface area contributed by atoms with Gasteiger partial charge in [0.25, 0.3) is 0 Å². The summed E-state index contributed by atoms with van der Waals surface area (Å²) in [6.07, 6.45) is 3.90. The van der Waals surface area contributed by atoms with Crippen LogP contribution in [0.4, 0.5) is 0 Å². The van der Waals surface area contributed by atoms with E-state index in [9.17, 15) is 4.79 Å². The molecular formula is C8H10O4. The lowest BCUT2D eigenvalue weighted by atomic mass is 10.4. The molecule has 0 spiro atoms. The quantitative estimate of drug-likeness (QED) is 0.429.